The van der Waals surface area contributed by atoms with Gasteiger partial charge in [-0.3, -0.25) is 14.9 Å². The summed E-state index contributed by atoms with van der Waals surface area (Å²) >= 11 is 0. The number of ketones is 1. The number of rotatable bonds is 7. The minimum absolute atomic E-state index is 0.0462. The van der Waals surface area contributed by atoms with Crippen LogP contribution in [0, 0.1) is 10.1 Å². The number of para-hydroxylation sites is 3. The lowest BCUT2D eigenvalue weighted by Gasteiger charge is -2.12. The fourth-order valence-corrected chi connectivity index (χ4v) is 2.65. The normalized spacial score (nSPS) is 11.7. The first-order valence-corrected chi connectivity index (χ1v) is 8.13. The van der Waals surface area contributed by atoms with Crippen molar-refractivity contribution in [1.29, 1.82) is 0 Å². The molecule has 0 fully saturated rings. The van der Waals surface area contributed by atoms with Crippen molar-refractivity contribution in [3.8, 4) is 5.75 Å². The molecule has 0 bridgehead atoms. The van der Waals surface area contributed by atoms with Crippen molar-refractivity contribution < 1.29 is 24.0 Å². The number of ether oxygens (including phenoxy) is 2. The van der Waals surface area contributed by atoms with Crippen molar-refractivity contribution in [3.63, 3.8) is 0 Å². The molecule has 138 valence electrons. The Hall–Kier alpha value is -3.68. The van der Waals surface area contributed by atoms with Crippen LogP contribution in [0.15, 0.2) is 54.7 Å². The summed E-state index contributed by atoms with van der Waals surface area (Å²) in [5.41, 5.74) is 0.970. The minimum Gasteiger partial charge on any atom is -0.475 e. The number of carbonyl (C=O) groups excluding carboxylic acids is 2. The van der Waals surface area contributed by atoms with Crippen molar-refractivity contribution in [3.05, 3.63) is 70.4 Å². The third-order valence-electron chi connectivity index (χ3n) is 3.94. The third-order valence-corrected chi connectivity index (χ3v) is 3.94. The number of fused-ring (bicyclic) bond motifs is 1. The zero-order chi connectivity index (χ0) is 19.4. The quantitative estimate of drug-likeness (QED) is 0.296. The molecule has 0 saturated heterocycles. The number of nitro groups is 1. The summed E-state index contributed by atoms with van der Waals surface area (Å²) in [5, 5.41) is 11.7. The molecular formula is C19H16N2O6. The smallest absolute Gasteiger partial charge is 0.344 e. The van der Waals surface area contributed by atoms with E-state index in [9.17, 15) is 19.7 Å². The number of esters is 1. The van der Waals surface area contributed by atoms with E-state index in [0.29, 0.717) is 5.56 Å². The maximum atomic E-state index is 12.5. The molecule has 1 atom stereocenters. The van der Waals surface area contributed by atoms with Gasteiger partial charge in [-0.05, 0) is 19.1 Å². The summed E-state index contributed by atoms with van der Waals surface area (Å²) in [5.74, 6) is -1.20. The molecule has 0 saturated carbocycles. The van der Waals surface area contributed by atoms with Crippen LogP contribution in [-0.2, 0) is 9.53 Å². The lowest BCUT2D eigenvalue weighted by molar-refractivity contribution is -0.385. The maximum absolute atomic E-state index is 12.5. The van der Waals surface area contributed by atoms with E-state index in [1.54, 1.807) is 18.3 Å². The van der Waals surface area contributed by atoms with E-state index in [-0.39, 0.29) is 17.2 Å². The summed E-state index contributed by atoms with van der Waals surface area (Å²) in [6.45, 7) is 0.920. The highest BCUT2D eigenvalue weighted by Crippen LogP contribution is 2.25. The zero-order valence-corrected chi connectivity index (χ0v) is 14.4. The molecule has 27 heavy (non-hydrogen) atoms. The van der Waals surface area contributed by atoms with Gasteiger partial charge in [-0.1, -0.05) is 30.3 Å². The zero-order valence-electron chi connectivity index (χ0n) is 14.4. The molecule has 0 radical (unpaired) electrons. The second-order valence-electron chi connectivity index (χ2n) is 5.76. The van der Waals surface area contributed by atoms with Gasteiger partial charge in [-0.2, -0.15) is 0 Å². The van der Waals surface area contributed by atoms with Crippen LogP contribution in [-0.4, -0.2) is 34.4 Å². The average molecular weight is 368 g/mol. The molecule has 3 rings (SSSR count). The predicted molar refractivity (Wildman–Crippen MR) is 96.8 cm³/mol. The molecule has 0 spiro atoms. The summed E-state index contributed by atoms with van der Waals surface area (Å²) < 4.78 is 10.3. The van der Waals surface area contributed by atoms with E-state index in [2.05, 4.69) is 4.98 Å². The van der Waals surface area contributed by atoms with E-state index in [4.69, 9.17) is 9.47 Å². The first-order valence-electron chi connectivity index (χ1n) is 8.13. The van der Waals surface area contributed by atoms with Gasteiger partial charge < -0.3 is 14.5 Å². The minimum atomic E-state index is -1.02. The van der Waals surface area contributed by atoms with Gasteiger partial charge in [0.2, 0.25) is 5.78 Å². The van der Waals surface area contributed by atoms with Crippen LogP contribution >= 0.6 is 0 Å². The Balaban J connectivity index is 1.62. The maximum Gasteiger partial charge on any atom is 0.344 e. The standard InChI is InChI=1S/C19H16N2O6/c1-12(19(23)14-10-20-15-7-3-2-6-13(14)15)27-18(22)11-26-17-9-5-4-8-16(17)21(24)25/h2-10,12,20H,11H2,1H3/t12-/m0/s1. The second kappa shape index (κ2) is 7.69. The Labute approximate surface area is 153 Å². The highest BCUT2D eigenvalue weighted by atomic mass is 16.6. The number of Topliss-reactive ketones (excluding diaryl/α,β-unsaturated/α-hetero) is 1. The Kier molecular flexibility index (Phi) is 5.16. The van der Waals surface area contributed by atoms with Crippen molar-refractivity contribution >= 4 is 28.3 Å². The van der Waals surface area contributed by atoms with E-state index in [0.717, 1.165) is 10.9 Å². The summed E-state index contributed by atoms with van der Waals surface area (Å²) in [6.07, 6.45) is 0.548. The number of benzene rings is 2. The molecule has 1 N–H and O–H groups in total. The van der Waals surface area contributed by atoms with Crippen LogP contribution in [0.4, 0.5) is 5.69 Å². The highest BCUT2D eigenvalue weighted by molar-refractivity contribution is 6.10. The first kappa shape index (κ1) is 18.1. The number of nitrogens with zero attached hydrogens (tertiary/aromatic N) is 1. The average Bonchev–Trinajstić information content (AvgIpc) is 3.10. The van der Waals surface area contributed by atoms with Crippen molar-refractivity contribution in [2.24, 2.45) is 0 Å². The Morgan fingerprint density at radius 3 is 2.63 bits per heavy atom. The molecule has 0 aliphatic rings. The highest BCUT2D eigenvalue weighted by Gasteiger charge is 2.23. The second-order valence-corrected chi connectivity index (χ2v) is 5.76. The van der Waals surface area contributed by atoms with Crippen LogP contribution in [0.25, 0.3) is 10.9 Å². The van der Waals surface area contributed by atoms with Gasteiger partial charge in [-0.25, -0.2) is 4.79 Å². The van der Waals surface area contributed by atoms with Gasteiger partial charge in [0, 0.05) is 28.7 Å². The van der Waals surface area contributed by atoms with E-state index in [1.807, 2.05) is 18.2 Å². The molecule has 0 aliphatic carbocycles. The molecule has 8 nitrogen and oxygen atoms in total. The molecule has 1 heterocycles. The topological polar surface area (TPSA) is 112 Å². The first-order chi connectivity index (χ1) is 13.0. The fourth-order valence-electron chi connectivity index (χ4n) is 2.65. The van der Waals surface area contributed by atoms with Crippen LogP contribution in [0.3, 0.4) is 0 Å². The number of carbonyl (C=O) groups is 2. The number of nitrogens with one attached hydrogen (secondary N) is 1. The fraction of sp³-hybridized carbons (Fsp3) is 0.158. The van der Waals surface area contributed by atoms with Gasteiger partial charge in [-0.15, -0.1) is 0 Å². The molecular weight excluding hydrogens is 352 g/mol. The molecule has 8 heteroatoms. The molecule has 2 aromatic carbocycles. The Morgan fingerprint density at radius 1 is 1.15 bits per heavy atom. The van der Waals surface area contributed by atoms with Gasteiger partial charge in [0.25, 0.3) is 0 Å². The van der Waals surface area contributed by atoms with Crippen LogP contribution in [0.2, 0.25) is 0 Å². The molecule has 0 aliphatic heterocycles. The number of H-pyrrole nitrogens is 1. The SMILES string of the molecule is C[C@H](OC(=O)COc1ccccc1[N+](=O)[O-])C(=O)c1c[nH]c2ccccc12. The summed E-state index contributed by atoms with van der Waals surface area (Å²) in [6, 6.07) is 13.0. The van der Waals surface area contributed by atoms with Gasteiger partial charge in [0.05, 0.1) is 4.92 Å². The van der Waals surface area contributed by atoms with Gasteiger partial charge >= 0.3 is 11.7 Å². The van der Waals surface area contributed by atoms with E-state index in [1.165, 1.54) is 25.1 Å². The van der Waals surface area contributed by atoms with Crippen LogP contribution in [0.5, 0.6) is 5.75 Å². The molecule has 1 aromatic heterocycles. The van der Waals surface area contributed by atoms with Gasteiger partial charge in [0.1, 0.15) is 0 Å². The monoisotopic (exact) mass is 368 g/mol. The number of aromatic nitrogens is 1. The molecule has 0 amide bonds. The van der Waals surface area contributed by atoms with Crippen molar-refractivity contribution in [1.82, 2.24) is 4.98 Å². The van der Waals surface area contributed by atoms with Crippen LogP contribution < -0.4 is 4.74 Å². The molecule has 3 aromatic rings. The number of aromatic amines is 1. The molecule has 0 unspecified atom stereocenters. The van der Waals surface area contributed by atoms with Crippen molar-refractivity contribution in [2.75, 3.05) is 6.61 Å². The Morgan fingerprint density at radius 2 is 1.85 bits per heavy atom. The number of hydrogen-bond donors (Lipinski definition) is 1. The summed E-state index contributed by atoms with van der Waals surface area (Å²) in [7, 11) is 0. The lowest BCUT2D eigenvalue weighted by Crippen LogP contribution is -2.27. The van der Waals surface area contributed by atoms with Crippen molar-refractivity contribution in [2.45, 2.75) is 13.0 Å². The number of nitro benzene ring substituents is 1. The van der Waals surface area contributed by atoms with E-state index >= 15 is 0 Å². The van der Waals surface area contributed by atoms with E-state index < -0.39 is 23.6 Å². The van der Waals surface area contributed by atoms with Crippen LogP contribution in [0.1, 0.15) is 17.3 Å². The number of hydrogen-bond acceptors (Lipinski definition) is 6. The third kappa shape index (κ3) is 3.95. The Bertz CT molecular complexity index is 1010. The lowest BCUT2D eigenvalue weighted by atomic mass is 10.1. The predicted octanol–water partition coefficient (Wildman–Crippen LogP) is 3.27. The van der Waals surface area contributed by atoms with Gasteiger partial charge in [0.15, 0.2) is 18.5 Å². The largest absolute Gasteiger partial charge is 0.475 e. The summed E-state index contributed by atoms with van der Waals surface area (Å²) in [4.78, 5) is 37.8.